The molecular weight excluding hydrogens is 759 g/mol. The number of ether oxygens (including phenoxy) is 4. The molecule has 2 N–H and O–H groups in total. The van der Waals surface area contributed by atoms with Crippen LogP contribution in [0.5, 0.6) is 11.5 Å². The van der Waals surface area contributed by atoms with Crippen LogP contribution >= 0.6 is 0 Å². The summed E-state index contributed by atoms with van der Waals surface area (Å²) in [6, 6.07) is 42.0. The Labute approximate surface area is 344 Å². The van der Waals surface area contributed by atoms with E-state index in [2.05, 4.69) is 29.2 Å². The van der Waals surface area contributed by atoms with Crippen LogP contribution in [0.1, 0.15) is 38.8 Å². The van der Waals surface area contributed by atoms with Gasteiger partial charge in [-0.25, -0.2) is 4.79 Å². The van der Waals surface area contributed by atoms with E-state index >= 15 is 4.79 Å². The molecule has 8 aromatic rings. The second kappa shape index (κ2) is 14.2. The molecule has 0 unspecified atom stereocenters. The first-order chi connectivity index (χ1) is 29.2. The minimum absolute atomic E-state index is 0.0523. The third kappa shape index (κ3) is 5.65. The molecule has 11 nitrogen and oxygen atoms in total. The third-order valence-electron chi connectivity index (χ3n) is 12.5. The highest BCUT2D eigenvalue weighted by molar-refractivity contribution is 6.26. The molecule has 2 bridgehead atoms. The molecule has 0 aliphatic carbocycles. The lowest BCUT2D eigenvalue weighted by Crippen LogP contribution is -2.53. The number of likely N-dealkylation sites (tertiary alicyclic amines) is 1. The van der Waals surface area contributed by atoms with Crippen LogP contribution in [-0.4, -0.2) is 70.6 Å². The van der Waals surface area contributed by atoms with Crippen molar-refractivity contribution in [3.05, 3.63) is 188 Å². The Kier molecular flexibility index (Phi) is 8.87. The number of rotatable bonds is 10. The van der Waals surface area contributed by atoms with Gasteiger partial charge in [-0.05, 0) is 86.3 Å². The number of aryl methyl sites for hydroxylation is 1. The summed E-state index contributed by atoms with van der Waals surface area (Å²) >= 11 is 0. The first kappa shape index (κ1) is 37.5. The Balaban J connectivity index is 1.12. The maximum Gasteiger partial charge on any atom is 0.330 e. The van der Waals surface area contributed by atoms with Crippen LogP contribution in [0.25, 0.3) is 32.3 Å². The fourth-order valence-electron chi connectivity index (χ4n) is 9.45. The van der Waals surface area contributed by atoms with E-state index in [1.807, 2.05) is 109 Å². The highest BCUT2D eigenvalue weighted by atomic mass is 16.6. The summed E-state index contributed by atoms with van der Waals surface area (Å²) in [7, 11) is 3.21. The predicted molar refractivity (Wildman–Crippen MR) is 228 cm³/mol. The van der Waals surface area contributed by atoms with E-state index in [9.17, 15) is 14.7 Å². The number of morpholine rings is 1. The van der Waals surface area contributed by atoms with E-state index in [0.717, 1.165) is 49.0 Å². The minimum atomic E-state index is -1.53. The SMILES string of the molecule is COc1ccc(C(OC[C@]23CN(C(=O)c4ccc5ccc6cccc7ccc4c5c67)[C@H]([C@H](n4cc(C)c(=O)[nH]c4=O)O2)[C@H]3O)(c2ccccc2)c2ccc(OC)cc2)cc1. The molecule has 0 saturated carbocycles. The molecule has 10 rings (SSSR count). The van der Waals surface area contributed by atoms with E-state index in [-0.39, 0.29) is 24.6 Å². The summed E-state index contributed by atoms with van der Waals surface area (Å²) in [5, 5.41) is 18.5. The molecule has 11 heteroatoms. The van der Waals surface area contributed by atoms with Crippen LogP contribution in [0, 0.1) is 6.92 Å². The van der Waals surface area contributed by atoms with Gasteiger partial charge in [-0.3, -0.25) is 19.1 Å². The molecular formula is C49H41N3O8. The van der Waals surface area contributed by atoms with Gasteiger partial charge in [0.25, 0.3) is 11.5 Å². The van der Waals surface area contributed by atoms with Gasteiger partial charge in [0.2, 0.25) is 0 Å². The summed E-state index contributed by atoms with van der Waals surface area (Å²) in [4.78, 5) is 45.3. The largest absolute Gasteiger partial charge is 0.497 e. The molecule has 2 fully saturated rings. The second-order valence-corrected chi connectivity index (χ2v) is 15.7. The molecule has 2 aliphatic rings. The van der Waals surface area contributed by atoms with Gasteiger partial charge >= 0.3 is 5.69 Å². The number of nitrogens with zero attached hydrogens (tertiary/aromatic N) is 2. The number of methoxy groups -OCH3 is 2. The van der Waals surface area contributed by atoms with Gasteiger partial charge in [-0.15, -0.1) is 0 Å². The van der Waals surface area contributed by atoms with E-state index in [4.69, 9.17) is 18.9 Å². The number of hydrogen-bond acceptors (Lipinski definition) is 8. The summed E-state index contributed by atoms with van der Waals surface area (Å²) in [5.74, 6) is 0.987. The Morgan fingerprint density at radius 1 is 0.767 bits per heavy atom. The van der Waals surface area contributed by atoms with E-state index in [1.54, 1.807) is 26.0 Å². The Morgan fingerprint density at radius 2 is 1.35 bits per heavy atom. The van der Waals surface area contributed by atoms with Gasteiger partial charge in [0.15, 0.2) is 6.23 Å². The number of aromatic amines is 1. The summed E-state index contributed by atoms with van der Waals surface area (Å²) in [6.07, 6.45) is -1.07. The molecule has 2 saturated heterocycles. The van der Waals surface area contributed by atoms with Crippen LogP contribution in [0.3, 0.4) is 0 Å². The highest BCUT2D eigenvalue weighted by Crippen LogP contribution is 2.50. The van der Waals surface area contributed by atoms with Gasteiger partial charge in [-0.2, -0.15) is 0 Å². The molecule has 4 atom stereocenters. The number of aliphatic hydroxyl groups excluding tert-OH is 1. The smallest absolute Gasteiger partial charge is 0.330 e. The van der Waals surface area contributed by atoms with Crippen molar-refractivity contribution in [2.45, 2.75) is 36.5 Å². The fourth-order valence-corrected chi connectivity index (χ4v) is 9.45. The number of fused-ring (bicyclic) bond motifs is 2. The molecule has 0 spiro atoms. The van der Waals surface area contributed by atoms with E-state index in [0.29, 0.717) is 17.1 Å². The zero-order valence-electron chi connectivity index (χ0n) is 33.1. The van der Waals surface area contributed by atoms with Gasteiger partial charge < -0.3 is 29.0 Å². The van der Waals surface area contributed by atoms with Crippen molar-refractivity contribution in [2.24, 2.45) is 0 Å². The zero-order valence-corrected chi connectivity index (χ0v) is 33.1. The normalized spacial score (nSPS) is 20.1. The average molecular weight is 800 g/mol. The predicted octanol–water partition coefficient (Wildman–Crippen LogP) is 6.92. The van der Waals surface area contributed by atoms with Crippen molar-refractivity contribution < 1.29 is 28.8 Å². The fraction of sp³-hybridized carbons (Fsp3) is 0.204. The average Bonchev–Trinajstić information content (AvgIpc) is 3.73. The number of benzene rings is 7. The summed E-state index contributed by atoms with van der Waals surface area (Å²) in [6.45, 7) is 1.32. The highest BCUT2D eigenvalue weighted by Gasteiger charge is 2.66. The van der Waals surface area contributed by atoms with Gasteiger partial charge in [0, 0.05) is 17.3 Å². The van der Waals surface area contributed by atoms with Crippen LogP contribution in [0.15, 0.2) is 149 Å². The lowest BCUT2D eigenvalue weighted by molar-refractivity contribution is -0.174. The Morgan fingerprint density at radius 3 is 1.98 bits per heavy atom. The standard InChI is InChI=1S/C49H41N3O8/c1-29-26-51(47(56)50-44(29)54)46-42-43(53)48(60-46,27-52(42)45(55)39-25-15-32-13-12-30-8-7-9-31-14-24-38(39)41(32)40(30)31)28-59-49(33-10-5-4-6-11-33,34-16-20-36(57-2)21-17-34)35-18-22-37(58-3)23-19-35/h4-26,42-43,46,53H,27-28H2,1-3H3,(H,50,54,56)/t42-,43+,46+,48-/m0/s1. The third-order valence-corrected chi connectivity index (χ3v) is 12.5. The monoisotopic (exact) mass is 799 g/mol. The van der Waals surface area contributed by atoms with Crippen molar-refractivity contribution in [1.29, 1.82) is 0 Å². The number of aromatic nitrogens is 2. The molecule has 3 heterocycles. The zero-order chi connectivity index (χ0) is 41.3. The van der Waals surface area contributed by atoms with Crippen molar-refractivity contribution in [3.8, 4) is 11.5 Å². The topological polar surface area (TPSA) is 132 Å². The molecule has 0 radical (unpaired) electrons. The van der Waals surface area contributed by atoms with Crippen molar-refractivity contribution >= 4 is 38.2 Å². The molecule has 2 aliphatic heterocycles. The maximum atomic E-state index is 15.2. The molecule has 60 heavy (non-hydrogen) atoms. The second-order valence-electron chi connectivity index (χ2n) is 15.7. The van der Waals surface area contributed by atoms with E-state index in [1.165, 1.54) is 10.8 Å². The van der Waals surface area contributed by atoms with Crippen LogP contribution in [0.2, 0.25) is 0 Å². The van der Waals surface area contributed by atoms with Crippen LogP contribution in [0.4, 0.5) is 0 Å². The molecule has 300 valence electrons. The Hall–Kier alpha value is -6.79. The number of amides is 1. The number of H-pyrrole nitrogens is 1. The van der Waals surface area contributed by atoms with Crippen LogP contribution < -0.4 is 20.7 Å². The first-order valence-corrected chi connectivity index (χ1v) is 19.8. The van der Waals surface area contributed by atoms with Crippen molar-refractivity contribution in [1.82, 2.24) is 14.5 Å². The lowest BCUT2D eigenvalue weighted by Gasteiger charge is -2.41. The summed E-state index contributed by atoms with van der Waals surface area (Å²) < 4.78 is 26.4. The number of nitrogens with one attached hydrogen (secondary N) is 1. The Bertz CT molecular complexity index is 2970. The molecule has 1 aromatic heterocycles. The number of carbonyl (C=O) groups excluding carboxylic acids is 1. The molecule has 1 amide bonds. The van der Waals surface area contributed by atoms with Crippen molar-refractivity contribution in [2.75, 3.05) is 27.4 Å². The number of aliphatic hydroxyl groups is 1. The first-order valence-electron chi connectivity index (χ1n) is 19.8. The molecule has 7 aromatic carbocycles. The van der Waals surface area contributed by atoms with Gasteiger partial charge in [-0.1, -0.05) is 103 Å². The van der Waals surface area contributed by atoms with Crippen LogP contribution in [-0.2, 0) is 15.1 Å². The number of hydrogen-bond donors (Lipinski definition) is 2. The maximum absolute atomic E-state index is 15.2. The van der Waals surface area contributed by atoms with Gasteiger partial charge in [0.05, 0.1) is 27.4 Å². The quantitative estimate of drug-likeness (QED) is 0.113. The lowest BCUT2D eigenvalue weighted by atomic mass is 9.79. The number of carbonyl (C=O) groups is 1. The van der Waals surface area contributed by atoms with E-state index < -0.39 is 40.8 Å². The van der Waals surface area contributed by atoms with Crippen molar-refractivity contribution in [3.63, 3.8) is 0 Å². The van der Waals surface area contributed by atoms with Gasteiger partial charge in [0.1, 0.15) is 34.8 Å². The minimum Gasteiger partial charge on any atom is -0.497 e. The summed E-state index contributed by atoms with van der Waals surface area (Å²) in [5.41, 5.74) is -1.01.